The third-order valence-electron chi connectivity index (χ3n) is 4.05. The molecule has 0 amide bonds. The average molecular weight is 382 g/mol. The van der Waals surface area contributed by atoms with Crippen molar-refractivity contribution < 1.29 is 18.0 Å². The van der Waals surface area contributed by atoms with Crippen LogP contribution in [0.2, 0.25) is 0 Å². The van der Waals surface area contributed by atoms with E-state index in [-0.39, 0.29) is 5.75 Å². The molecule has 0 saturated carbocycles. The molecular formula is C17H20F2N4O2S. The molecule has 0 radical (unpaired) electrons. The number of nitrogens with one attached hydrogen (secondary N) is 1. The van der Waals surface area contributed by atoms with Crippen LogP contribution in [0.3, 0.4) is 0 Å². The van der Waals surface area contributed by atoms with Crippen LogP contribution in [0.25, 0.3) is 0 Å². The van der Waals surface area contributed by atoms with Crippen molar-refractivity contribution in [3.05, 3.63) is 41.8 Å². The minimum Gasteiger partial charge on any atom is -0.435 e. The van der Waals surface area contributed by atoms with Crippen LogP contribution in [0.1, 0.15) is 11.5 Å². The number of hydrogen-bond acceptors (Lipinski definition) is 5. The lowest BCUT2D eigenvalue weighted by Gasteiger charge is -2.35. The van der Waals surface area contributed by atoms with Crippen LogP contribution in [0.4, 0.5) is 14.5 Å². The maximum atomic E-state index is 12.2. The Hall–Kier alpha value is -2.26. The molecular weight excluding hydrogens is 362 g/mol. The molecule has 1 N–H and O–H groups in total. The fraction of sp³-hybridized carbons (Fsp3) is 0.412. The van der Waals surface area contributed by atoms with Crippen LogP contribution in [0.5, 0.6) is 5.75 Å². The van der Waals surface area contributed by atoms with E-state index in [4.69, 9.17) is 16.7 Å². The highest BCUT2D eigenvalue weighted by Crippen LogP contribution is 2.18. The zero-order chi connectivity index (χ0) is 18.5. The van der Waals surface area contributed by atoms with Gasteiger partial charge in [-0.2, -0.15) is 8.78 Å². The summed E-state index contributed by atoms with van der Waals surface area (Å²) < 4.78 is 33.8. The summed E-state index contributed by atoms with van der Waals surface area (Å²) in [5, 5.41) is 7.76. The van der Waals surface area contributed by atoms with Crippen LogP contribution in [-0.2, 0) is 6.54 Å². The Morgan fingerprint density at radius 2 is 1.96 bits per heavy atom. The average Bonchev–Trinajstić information content (AvgIpc) is 3.01. The van der Waals surface area contributed by atoms with E-state index in [2.05, 4.69) is 25.0 Å². The molecule has 0 aliphatic carbocycles. The number of thiocarbonyl (C=S) groups is 1. The number of aryl methyl sites for hydroxylation is 1. The van der Waals surface area contributed by atoms with Crippen molar-refractivity contribution >= 4 is 23.0 Å². The van der Waals surface area contributed by atoms with Crippen LogP contribution in [0.15, 0.2) is 34.9 Å². The molecule has 1 aliphatic rings. The van der Waals surface area contributed by atoms with Gasteiger partial charge in [-0.1, -0.05) is 5.16 Å². The van der Waals surface area contributed by atoms with Gasteiger partial charge in [-0.3, -0.25) is 4.90 Å². The lowest BCUT2D eigenvalue weighted by atomic mass is 10.3. The van der Waals surface area contributed by atoms with Gasteiger partial charge in [0.15, 0.2) is 5.11 Å². The Morgan fingerprint density at radius 3 is 2.54 bits per heavy atom. The number of anilines is 1. The van der Waals surface area contributed by atoms with Gasteiger partial charge in [0.2, 0.25) is 0 Å². The Bertz CT molecular complexity index is 731. The van der Waals surface area contributed by atoms with Crippen molar-refractivity contribution in [3.8, 4) is 5.75 Å². The molecule has 0 spiro atoms. The van der Waals surface area contributed by atoms with Crippen molar-refractivity contribution in [3.63, 3.8) is 0 Å². The van der Waals surface area contributed by atoms with Gasteiger partial charge in [-0.15, -0.1) is 0 Å². The first-order valence-corrected chi connectivity index (χ1v) is 8.66. The van der Waals surface area contributed by atoms with Crippen LogP contribution < -0.4 is 10.1 Å². The fourth-order valence-corrected chi connectivity index (χ4v) is 3.05. The molecule has 0 bridgehead atoms. The van der Waals surface area contributed by atoms with E-state index in [0.29, 0.717) is 5.11 Å². The second kappa shape index (κ2) is 8.41. The predicted octanol–water partition coefficient (Wildman–Crippen LogP) is 3.10. The van der Waals surface area contributed by atoms with Gasteiger partial charge in [-0.05, 0) is 43.4 Å². The highest BCUT2D eigenvalue weighted by atomic mass is 32.1. The van der Waals surface area contributed by atoms with E-state index < -0.39 is 6.61 Å². The van der Waals surface area contributed by atoms with Crippen LogP contribution >= 0.6 is 12.2 Å². The normalized spacial score (nSPS) is 15.3. The van der Waals surface area contributed by atoms with E-state index in [1.54, 1.807) is 12.1 Å². The van der Waals surface area contributed by atoms with Crippen molar-refractivity contribution in [2.45, 2.75) is 20.1 Å². The predicted molar refractivity (Wildman–Crippen MR) is 97.4 cm³/mol. The molecule has 6 nitrogen and oxygen atoms in total. The first kappa shape index (κ1) is 18.5. The second-order valence-electron chi connectivity index (χ2n) is 6.03. The van der Waals surface area contributed by atoms with Gasteiger partial charge in [0.25, 0.3) is 0 Å². The summed E-state index contributed by atoms with van der Waals surface area (Å²) >= 11 is 5.45. The standard InChI is InChI=1S/C17H20F2N4O2S/c1-12-10-14(21-25-12)11-22-6-8-23(9-7-22)17(26)20-13-2-4-15(5-3-13)24-16(18)19/h2-5,10,16H,6-9,11H2,1H3,(H,20,26). The Balaban J connectivity index is 1.46. The molecule has 2 aromatic rings. The lowest BCUT2D eigenvalue weighted by molar-refractivity contribution is -0.0498. The fourth-order valence-electron chi connectivity index (χ4n) is 2.75. The lowest BCUT2D eigenvalue weighted by Crippen LogP contribution is -2.49. The highest BCUT2D eigenvalue weighted by Gasteiger charge is 2.20. The Kier molecular flexibility index (Phi) is 6.00. The van der Waals surface area contributed by atoms with Gasteiger partial charge in [0.1, 0.15) is 11.5 Å². The number of ether oxygens (including phenoxy) is 1. The maximum Gasteiger partial charge on any atom is 0.387 e. The zero-order valence-corrected chi connectivity index (χ0v) is 15.1. The summed E-state index contributed by atoms with van der Waals surface area (Å²) in [7, 11) is 0. The molecule has 2 heterocycles. The van der Waals surface area contributed by atoms with Gasteiger partial charge in [-0.25, -0.2) is 0 Å². The molecule has 0 atom stereocenters. The molecule has 0 unspecified atom stereocenters. The van der Waals surface area contributed by atoms with E-state index in [1.807, 2.05) is 13.0 Å². The van der Waals surface area contributed by atoms with Crippen LogP contribution in [0, 0.1) is 6.92 Å². The van der Waals surface area contributed by atoms with E-state index in [1.165, 1.54) is 12.1 Å². The van der Waals surface area contributed by atoms with Crippen molar-refractivity contribution in [2.75, 3.05) is 31.5 Å². The monoisotopic (exact) mass is 382 g/mol. The SMILES string of the molecule is Cc1cc(CN2CCN(C(=S)Nc3ccc(OC(F)F)cc3)CC2)no1. The topological polar surface area (TPSA) is 53.8 Å². The Labute approximate surface area is 155 Å². The van der Waals surface area contributed by atoms with Gasteiger partial charge < -0.3 is 19.5 Å². The molecule has 140 valence electrons. The highest BCUT2D eigenvalue weighted by molar-refractivity contribution is 7.80. The van der Waals surface area contributed by atoms with Crippen LogP contribution in [-0.4, -0.2) is 52.9 Å². The van der Waals surface area contributed by atoms with E-state index >= 15 is 0 Å². The summed E-state index contributed by atoms with van der Waals surface area (Å²) in [5.41, 5.74) is 1.67. The first-order chi connectivity index (χ1) is 12.5. The number of halogens is 2. The zero-order valence-electron chi connectivity index (χ0n) is 14.3. The number of piperazine rings is 1. The number of hydrogen-bond donors (Lipinski definition) is 1. The first-order valence-electron chi connectivity index (χ1n) is 8.25. The smallest absolute Gasteiger partial charge is 0.387 e. The third kappa shape index (κ3) is 5.12. The number of benzene rings is 1. The molecule has 1 aliphatic heterocycles. The summed E-state index contributed by atoms with van der Waals surface area (Å²) in [6.45, 7) is 3.16. The van der Waals surface area contributed by atoms with E-state index in [0.717, 1.165) is 49.9 Å². The summed E-state index contributed by atoms with van der Waals surface area (Å²) in [6.07, 6.45) is 0. The quantitative estimate of drug-likeness (QED) is 0.798. The number of aromatic nitrogens is 1. The molecule has 9 heteroatoms. The van der Waals surface area contributed by atoms with Crippen molar-refractivity contribution in [1.29, 1.82) is 0 Å². The second-order valence-corrected chi connectivity index (χ2v) is 6.41. The minimum atomic E-state index is -2.83. The maximum absolute atomic E-state index is 12.2. The molecule has 1 aromatic carbocycles. The van der Waals surface area contributed by atoms with Crippen molar-refractivity contribution in [2.24, 2.45) is 0 Å². The number of nitrogens with zero attached hydrogens (tertiary/aromatic N) is 3. The van der Waals surface area contributed by atoms with Crippen molar-refractivity contribution in [1.82, 2.24) is 15.0 Å². The Morgan fingerprint density at radius 1 is 1.27 bits per heavy atom. The minimum absolute atomic E-state index is 0.119. The van der Waals surface area contributed by atoms with Gasteiger partial charge in [0, 0.05) is 44.5 Å². The molecule has 1 fully saturated rings. The summed E-state index contributed by atoms with van der Waals surface area (Å²) in [5.74, 6) is 0.933. The molecule has 1 aromatic heterocycles. The molecule has 26 heavy (non-hydrogen) atoms. The summed E-state index contributed by atoms with van der Waals surface area (Å²) in [4.78, 5) is 4.39. The summed E-state index contributed by atoms with van der Waals surface area (Å²) in [6, 6.07) is 8.23. The van der Waals surface area contributed by atoms with E-state index in [9.17, 15) is 8.78 Å². The van der Waals surface area contributed by atoms with Gasteiger partial charge >= 0.3 is 6.61 Å². The number of rotatable bonds is 5. The largest absolute Gasteiger partial charge is 0.435 e. The molecule has 1 saturated heterocycles. The van der Waals surface area contributed by atoms with Gasteiger partial charge in [0.05, 0.1) is 5.69 Å². The number of alkyl halides is 2. The molecule has 3 rings (SSSR count). The third-order valence-corrected chi connectivity index (χ3v) is 4.41.